The Morgan fingerprint density at radius 1 is 1.27 bits per heavy atom. The first kappa shape index (κ1) is 20.2. The van der Waals surface area contributed by atoms with Gasteiger partial charge in [0, 0.05) is 25.0 Å². The number of piperidine rings is 1. The fraction of sp³-hybridized carbons (Fsp3) is 0.476. The van der Waals surface area contributed by atoms with Crippen LogP contribution in [0, 0.1) is 17.7 Å². The van der Waals surface area contributed by atoms with E-state index in [4.69, 9.17) is 10.5 Å². The van der Waals surface area contributed by atoms with Gasteiger partial charge in [-0.3, -0.25) is 9.48 Å². The van der Waals surface area contributed by atoms with Crippen molar-refractivity contribution in [3.63, 3.8) is 0 Å². The molecule has 1 aliphatic heterocycles. The molecule has 1 aromatic heterocycles. The lowest BCUT2D eigenvalue weighted by Crippen LogP contribution is -2.44. The van der Waals surface area contributed by atoms with Crippen molar-refractivity contribution >= 4 is 23.5 Å². The summed E-state index contributed by atoms with van der Waals surface area (Å²) in [5, 5.41) is 7.57. The smallest absolute Gasteiger partial charge is 0.409 e. The summed E-state index contributed by atoms with van der Waals surface area (Å²) in [5.41, 5.74) is 6.40. The van der Waals surface area contributed by atoms with E-state index in [-0.39, 0.29) is 29.4 Å². The molecule has 1 aromatic carbocycles. The highest BCUT2D eigenvalue weighted by Gasteiger charge is 2.33. The van der Waals surface area contributed by atoms with Crippen LogP contribution in [-0.4, -0.2) is 46.4 Å². The van der Waals surface area contributed by atoms with E-state index in [1.54, 1.807) is 27.9 Å². The van der Waals surface area contributed by atoms with E-state index in [0.717, 1.165) is 12.8 Å². The van der Waals surface area contributed by atoms with E-state index in [9.17, 15) is 14.0 Å². The first-order valence-electron chi connectivity index (χ1n) is 10.2. The molecule has 3 N–H and O–H groups in total. The number of halogens is 1. The highest BCUT2D eigenvalue weighted by atomic mass is 19.1. The molecular weight excluding hydrogens is 389 g/mol. The molecule has 30 heavy (non-hydrogen) atoms. The molecule has 2 amide bonds. The minimum atomic E-state index is -0.598. The van der Waals surface area contributed by atoms with Crippen LogP contribution in [0.1, 0.15) is 42.6 Å². The standard InChI is InChI=1S/C21H26FN5O3/c1-13-10-26(21(29)30-12-14-2-3-14)9-8-18(13)27-11-17(19(23)28)20(25-27)24-16-6-4-15(22)5-7-16/h4-7,11,13-14,18H,2-3,8-10,12H2,1H3,(H2,23,28)(H,24,25). The minimum absolute atomic E-state index is 0.0133. The quantitative estimate of drug-likeness (QED) is 0.754. The number of nitrogens with zero attached hydrogens (tertiary/aromatic N) is 3. The molecule has 2 aromatic rings. The zero-order chi connectivity index (χ0) is 21.3. The highest BCUT2D eigenvalue weighted by molar-refractivity contribution is 5.98. The number of likely N-dealkylation sites (tertiary alicyclic amines) is 1. The third-order valence-electron chi connectivity index (χ3n) is 5.70. The fourth-order valence-corrected chi connectivity index (χ4v) is 3.76. The van der Waals surface area contributed by atoms with Gasteiger partial charge in [0.15, 0.2) is 5.82 Å². The SMILES string of the molecule is CC1CN(C(=O)OCC2CC2)CCC1n1cc(C(N)=O)c(Nc2ccc(F)cc2)n1. The van der Waals surface area contributed by atoms with E-state index in [1.807, 2.05) is 6.92 Å². The maximum absolute atomic E-state index is 13.1. The van der Waals surface area contributed by atoms with Crippen LogP contribution in [0.15, 0.2) is 30.5 Å². The van der Waals surface area contributed by atoms with Crippen LogP contribution in [0.3, 0.4) is 0 Å². The minimum Gasteiger partial charge on any atom is -0.449 e. The Morgan fingerprint density at radius 2 is 2.00 bits per heavy atom. The van der Waals surface area contributed by atoms with Gasteiger partial charge in [0.1, 0.15) is 11.4 Å². The second-order valence-corrected chi connectivity index (χ2v) is 8.17. The Morgan fingerprint density at radius 3 is 2.63 bits per heavy atom. The molecule has 0 spiro atoms. The van der Waals surface area contributed by atoms with E-state index in [0.29, 0.717) is 43.5 Å². The van der Waals surface area contributed by atoms with Crippen LogP contribution in [0.2, 0.25) is 0 Å². The lowest BCUT2D eigenvalue weighted by atomic mass is 9.94. The Balaban J connectivity index is 1.44. The third-order valence-corrected chi connectivity index (χ3v) is 5.70. The maximum atomic E-state index is 13.1. The van der Waals surface area contributed by atoms with Crippen LogP contribution in [0.25, 0.3) is 0 Å². The molecule has 0 bridgehead atoms. The monoisotopic (exact) mass is 415 g/mol. The number of primary amides is 1. The van der Waals surface area contributed by atoms with E-state index < -0.39 is 5.91 Å². The maximum Gasteiger partial charge on any atom is 0.409 e. The number of benzene rings is 1. The second kappa shape index (κ2) is 8.33. The van der Waals surface area contributed by atoms with Crippen LogP contribution >= 0.6 is 0 Å². The largest absolute Gasteiger partial charge is 0.449 e. The summed E-state index contributed by atoms with van der Waals surface area (Å²) < 4.78 is 20.3. The summed E-state index contributed by atoms with van der Waals surface area (Å²) in [6.07, 6.45) is 4.35. The van der Waals surface area contributed by atoms with Gasteiger partial charge in [-0.05, 0) is 55.4 Å². The molecule has 1 saturated heterocycles. The lowest BCUT2D eigenvalue weighted by molar-refractivity contribution is 0.0692. The van der Waals surface area contributed by atoms with Gasteiger partial charge in [-0.2, -0.15) is 5.10 Å². The normalized spacial score (nSPS) is 21.3. The summed E-state index contributed by atoms with van der Waals surface area (Å²) in [5.74, 6) is 0.0309. The average Bonchev–Trinajstić information content (AvgIpc) is 3.46. The van der Waals surface area contributed by atoms with Gasteiger partial charge in [-0.1, -0.05) is 6.92 Å². The van der Waals surface area contributed by atoms with Crippen LogP contribution in [-0.2, 0) is 4.74 Å². The average molecular weight is 415 g/mol. The highest BCUT2D eigenvalue weighted by Crippen LogP contribution is 2.32. The zero-order valence-electron chi connectivity index (χ0n) is 16.9. The molecule has 2 atom stereocenters. The summed E-state index contributed by atoms with van der Waals surface area (Å²) in [6.45, 7) is 3.67. The number of nitrogens with two attached hydrogens (primary N) is 1. The topological polar surface area (TPSA) is 102 Å². The van der Waals surface area contributed by atoms with Crippen molar-refractivity contribution in [2.75, 3.05) is 25.0 Å². The summed E-state index contributed by atoms with van der Waals surface area (Å²) in [6, 6.07) is 5.78. The number of hydrogen-bond acceptors (Lipinski definition) is 5. The molecule has 1 saturated carbocycles. The van der Waals surface area contributed by atoms with Crippen LogP contribution < -0.4 is 11.1 Å². The van der Waals surface area contributed by atoms with Gasteiger partial charge in [-0.25, -0.2) is 9.18 Å². The number of nitrogens with one attached hydrogen (secondary N) is 1. The molecule has 2 aliphatic rings. The number of carbonyl (C=O) groups is 2. The molecule has 0 radical (unpaired) electrons. The van der Waals surface area contributed by atoms with Crippen molar-refractivity contribution in [1.82, 2.24) is 14.7 Å². The molecule has 2 unspecified atom stereocenters. The van der Waals surface area contributed by atoms with Crippen molar-refractivity contribution in [2.24, 2.45) is 17.6 Å². The Labute approximate surface area is 174 Å². The number of rotatable bonds is 6. The molecule has 160 valence electrons. The van der Waals surface area contributed by atoms with Crippen molar-refractivity contribution in [3.8, 4) is 0 Å². The predicted octanol–water partition coefficient (Wildman–Crippen LogP) is 3.29. The number of hydrogen-bond donors (Lipinski definition) is 2. The van der Waals surface area contributed by atoms with Crippen molar-refractivity contribution < 1.29 is 18.7 Å². The molecule has 2 heterocycles. The number of carbonyl (C=O) groups excluding carboxylic acids is 2. The summed E-state index contributed by atoms with van der Waals surface area (Å²) >= 11 is 0. The molecule has 4 rings (SSSR count). The molecule has 2 fully saturated rings. The number of ether oxygens (including phenoxy) is 1. The van der Waals surface area contributed by atoms with Gasteiger partial charge < -0.3 is 20.7 Å². The predicted molar refractivity (Wildman–Crippen MR) is 109 cm³/mol. The Kier molecular flexibility index (Phi) is 5.61. The van der Waals surface area contributed by atoms with Crippen molar-refractivity contribution in [1.29, 1.82) is 0 Å². The number of aromatic nitrogens is 2. The van der Waals surface area contributed by atoms with Gasteiger partial charge in [-0.15, -0.1) is 0 Å². The summed E-state index contributed by atoms with van der Waals surface area (Å²) in [4.78, 5) is 25.9. The van der Waals surface area contributed by atoms with Crippen molar-refractivity contribution in [3.05, 3.63) is 41.8 Å². The number of amides is 2. The Bertz CT molecular complexity index is 925. The first-order chi connectivity index (χ1) is 14.4. The zero-order valence-corrected chi connectivity index (χ0v) is 16.9. The van der Waals surface area contributed by atoms with Gasteiger partial charge in [0.25, 0.3) is 5.91 Å². The van der Waals surface area contributed by atoms with Crippen LogP contribution in [0.5, 0.6) is 0 Å². The van der Waals surface area contributed by atoms with Gasteiger partial charge in [0.2, 0.25) is 0 Å². The third kappa shape index (κ3) is 4.55. The van der Waals surface area contributed by atoms with Crippen molar-refractivity contribution in [2.45, 2.75) is 32.2 Å². The molecule has 1 aliphatic carbocycles. The lowest BCUT2D eigenvalue weighted by Gasteiger charge is -2.36. The molecule has 9 heteroatoms. The van der Waals surface area contributed by atoms with Gasteiger partial charge >= 0.3 is 6.09 Å². The van der Waals surface area contributed by atoms with E-state index >= 15 is 0 Å². The summed E-state index contributed by atoms with van der Waals surface area (Å²) in [7, 11) is 0. The second-order valence-electron chi connectivity index (χ2n) is 8.17. The molecule has 8 nitrogen and oxygen atoms in total. The van der Waals surface area contributed by atoms with Crippen LogP contribution in [0.4, 0.5) is 20.7 Å². The Hall–Kier alpha value is -3.10. The number of anilines is 2. The van der Waals surface area contributed by atoms with E-state index in [2.05, 4.69) is 10.4 Å². The first-order valence-corrected chi connectivity index (χ1v) is 10.2. The fourth-order valence-electron chi connectivity index (χ4n) is 3.76. The molecular formula is C21H26FN5O3. The van der Waals surface area contributed by atoms with Gasteiger partial charge in [0.05, 0.1) is 12.6 Å². The van der Waals surface area contributed by atoms with E-state index in [1.165, 1.54) is 12.1 Å².